The Morgan fingerprint density at radius 3 is 2.71 bits per heavy atom. The van der Waals surface area contributed by atoms with Crippen LogP contribution >= 0.6 is 0 Å². The van der Waals surface area contributed by atoms with Crippen LogP contribution in [0.1, 0.15) is 50.4 Å². The number of halogens is 1. The summed E-state index contributed by atoms with van der Waals surface area (Å²) in [5.41, 5.74) is 0.619. The first kappa shape index (κ1) is 16.2. The molecule has 1 unspecified atom stereocenters. The van der Waals surface area contributed by atoms with Crippen LogP contribution in [0.2, 0.25) is 0 Å². The van der Waals surface area contributed by atoms with Gasteiger partial charge in [-0.05, 0) is 49.9 Å². The van der Waals surface area contributed by atoms with Crippen molar-refractivity contribution in [3.8, 4) is 0 Å². The fourth-order valence-corrected chi connectivity index (χ4v) is 3.06. The Hall–Kier alpha value is -1.22. The molecule has 1 atom stereocenters. The van der Waals surface area contributed by atoms with Crippen molar-refractivity contribution in [1.29, 1.82) is 0 Å². The fourth-order valence-electron chi connectivity index (χ4n) is 3.06. The molecule has 0 spiro atoms. The average molecular weight is 291 g/mol. The highest BCUT2D eigenvalue weighted by Crippen LogP contribution is 2.30. The summed E-state index contributed by atoms with van der Waals surface area (Å²) in [7, 11) is 0. The van der Waals surface area contributed by atoms with Crippen LogP contribution in [0.15, 0.2) is 24.3 Å². The van der Waals surface area contributed by atoms with Crippen molar-refractivity contribution in [2.75, 3.05) is 19.6 Å². The Labute approximate surface area is 127 Å². The van der Waals surface area contributed by atoms with Crippen LogP contribution in [-0.2, 0) is 0 Å². The maximum absolute atomic E-state index is 13.7. The molecule has 1 aliphatic heterocycles. The topological polar surface area (TPSA) is 20.3 Å². The third-order valence-corrected chi connectivity index (χ3v) is 4.55. The molecule has 0 aromatic heterocycles. The molecule has 0 radical (unpaired) electrons. The van der Waals surface area contributed by atoms with Crippen LogP contribution in [0.3, 0.4) is 0 Å². The molecule has 21 heavy (non-hydrogen) atoms. The number of carbonyl (C=O) groups is 1. The highest BCUT2D eigenvalue weighted by atomic mass is 19.1. The normalized spacial score (nSPS) is 20.8. The third kappa shape index (κ3) is 4.37. The molecule has 1 fully saturated rings. The summed E-state index contributed by atoms with van der Waals surface area (Å²) in [4.78, 5) is 14.7. The number of Topliss-reactive ketones (excluding diaryl/α,β-unsaturated/α-hetero) is 1. The number of likely N-dealkylation sites (tertiary alicyclic amines) is 1. The molecular weight excluding hydrogens is 265 g/mol. The maximum atomic E-state index is 13.7. The summed E-state index contributed by atoms with van der Waals surface area (Å²) in [6.45, 7) is 9.32. The van der Waals surface area contributed by atoms with Crippen LogP contribution in [0.4, 0.5) is 4.39 Å². The molecule has 1 aromatic carbocycles. The van der Waals surface area contributed by atoms with Crippen LogP contribution < -0.4 is 0 Å². The van der Waals surface area contributed by atoms with Crippen LogP contribution in [0.5, 0.6) is 0 Å². The van der Waals surface area contributed by atoms with Crippen molar-refractivity contribution in [2.45, 2.75) is 40.0 Å². The van der Waals surface area contributed by atoms with Crippen molar-refractivity contribution < 1.29 is 9.18 Å². The van der Waals surface area contributed by atoms with E-state index >= 15 is 0 Å². The first-order valence-corrected chi connectivity index (χ1v) is 7.90. The largest absolute Gasteiger partial charge is 0.303 e. The molecule has 2 nitrogen and oxygen atoms in total. The summed E-state index contributed by atoms with van der Waals surface area (Å²) in [5.74, 6) is -0.661. The zero-order valence-corrected chi connectivity index (χ0v) is 13.4. The van der Waals surface area contributed by atoms with Gasteiger partial charge >= 0.3 is 0 Å². The average Bonchev–Trinajstić information content (AvgIpc) is 2.60. The summed E-state index contributed by atoms with van der Waals surface area (Å²) >= 11 is 0. The molecule has 0 N–H and O–H groups in total. The van der Waals surface area contributed by atoms with E-state index in [-0.39, 0.29) is 17.3 Å². The summed E-state index contributed by atoms with van der Waals surface area (Å²) in [5, 5.41) is 0. The Balaban J connectivity index is 1.96. The van der Waals surface area contributed by atoms with E-state index in [9.17, 15) is 9.18 Å². The maximum Gasteiger partial charge on any atom is 0.169 e. The molecule has 0 bridgehead atoms. The molecule has 1 heterocycles. The van der Waals surface area contributed by atoms with Gasteiger partial charge in [0, 0.05) is 12.5 Å². The molecule has 1 aromatic rings. The lowest BCUT2D eigenvalue weighted by Crippen LogP contribution is -2.33. The fraction of sp³-hybridized carbons (Fsp3) is 0.611. The van der Waals surface area contributed by atoms with Gasteiger partial charge in [-0.1, -0.05) is 32.9 Å². The Bertz CT molecular complexity index is 498. The predicted molar refractivity (Wildman–Crippen MR) is 84.0 cm³/mol. The van der Waals surface area contributed by atoms with Crippen LogP contribution in [-0.4, -0.2) is 30.3 Å². The quantitative estimate of drug-likeness (QED) is 0.776. The van der Waals surface area contributed by atoms with E-state index in [4.69, 9.17) is 0 Å². The molecular formula is C18H26FNO. The van der Waals surface area contributed by atoms with Gasteiger partial charge in [-0.2, -0.15) is 0 Å². The van der Waals surface area contributed by atoms with Gasteiger partial charge in [0.05, 0.1) is 5.56 Å². The van der Waals surface area contributed by atoms with Crippen molar-refractivity contribution >= 4 is 5.78 Å². The van der Waals surface area contributed by atoms with Crippen molar-refractivity contribution in [1.82, 2.24) is 4.90 Å². The first-order valence-electron chi connectivity index (χ1n) is 7.90. The molecule has 0 saturated carbocycles. The summed E-state index contributed by atoms with van der Waals surface area (Å²) in [6, 6.07) is 6.28. The van der Waals surface area contributed by atoms with E-state index < -0.39 is 5.82 Å². The minimum Gasteiger partial charge on any atom is -0.303 e. The summed E-state index contributed by atoms with van der Waals surface area (Å²) in [6.07, 6.45) is 3.57. The minimum absolute atomic E-state index is 0.0865. The predicted octanol–water partition coefficient (Wildman–Crippen LogP) is 4.16. The number of hydrogen-bond acceptors (Lipinski definition) is 2. The lowest BCUT2D eigenvalue weighted by molar-refractivity contribution is 0.0890. The highest BCUT2D eigenvalue weighted by Gasteiger charge is 2.26. The molecule has 2 rings (SSSR count). The Morgan fingerprint density at radius 2 is 2.00 bits per heavy atom. The molecule has 0 aliphatic carbocycles. The second-order valence-electron chi connectivity index (χ2n) is 7.06. The standard InChI is InChI=1S/C18H26FNO/c1-14(17(21)15-7-4-5-8-16(15)19)13-20-11-6-9-18(2,3)10-12-20/h4-5,7-8,14H,6,9-13H2,1-3H3. The highest BCUT2D eigenvalue weighted by molar-refractivity contribution is 5.98. The smallest absolute Gasteiger partial charge is 0.169 e. The van der Waals surface area contributed by atoms with Gasteiger partial charge in [-0.15, -0.1) is 0 Å². The van der Waals surface area contributed by atoms with E-state index in [1.807, 2.05) is 6.92 Å². The zero-order valence-electron chi connectivity index (χ0n) is 13.4. The molecule has 116 valence electrons. The molecule has 0 amide bonds. The number of benzene rings is 1. The van der Waals surface area contributed by atoms with Gasteiger partial charge in [0.15, 0.2) is 5.78 Å². The van der Waals surface area contributed by atoms with Crippen LogP contribution in [0.25, 0.3) is 0 Å². The SMILES string of the molecule is CC(CN1CCCC(C)(C)CC1)C(=O)c1ccccc1F. The number of carbonyl (C=O) groups excluding carboxylic acids is 1. The molecule has 3 heteroatoms. The minimum atomic E-state index is -0.411. The Morgan fingerprint density at radius 1 is 1.29 bits per heavy atom. The lowest BCUT2D eigenvalue weighted by atomic mass is 9.85. The first-order chi connectivity index (χ1) is 9.89. The number of nitrogens with zero attached hydrogens (tertiary/aromatic N) is 1. The second-order valence-corrected chi connectivity index (χ2v) is 7.06. The van der Waals surface area contributed by atoms with Gasteiger partial charge < -0.3 is 4.90 Å². The van der Waals surface area contributed by atoms with E-state index in [0.717, 1.165) is 26.1 Å². The van der Waals surface area contributed by atoms with Crippen LogP contribution in [0, 0.1) is 17.2 Å². The van der Waals surface area contributed by atoms with Gasteiger partial charge in [0.1, 0.15) is 5.82 Å². The molecule has 1 saturated heterocycles. The van der Waals surface area contributed by atoms with E-state index in [1.165, 1.54) is 18.9 Å². The second kappa shape index (κ2) is 6.69. The van der Waals surface area contributed by atoms with Gasteiger partial charge in [-0.3, -0.25) is 4.79 Å². The van der Waals surface area contributed by atoms with Crippen molar-refractivity contribution in [2.24, 2.45) is 11.3 Å². The third-order valence-electron chi connectivity index (χ3n) is 4.55. The Kier molecular flexibility index (Phi) is 5.15. The van der Waals surface area contributed by atoms with E-state index in [1.54, 1.807) is 18.2 Å². The van der Waals surface area contributed by atoms with Gasteiger partial charge in [-0.25, -0.2) is 4.39 Å². The van der Waals surface area contributed by atoms with Gasteiger partial charge in [0.2, 0.25) is 0 Å². The lowest BCUT2D eigenvalue weighted by Gasteiger charge is -2.25. The van der Waals surface area contributed by atoms with Crippen molar-refractivity contribution in [3.05, 3.63) is 35.6 Å². The van der Waals surface area contributed by atoms with Gasteiger partial charge in [0.25, 0.3) is 0 Å². The van der Waals surface area contributed by atoms with Crippen molar-refractivity contribution in [3.63, 3.8) is 0 Å². The monoisotopic (exact) mass is 291 g/mol. The zero-order chi connectivity index (χ0) is 15.5. The van der Waals surface area contributed by atoms with E-state index in [0.29, 0.717) is 5.41 Å². The number of rotatable bonds is 4. The van der Waals surface area contributed by atoms with E-state index in [2.05, 4.69) is 18.7 Å². The number of ketones is 1. The molecule has 1 aliphatic rings. The summed E-state index contributed by atoms with van der Waals surface area (Å²) < 4.78 is 13.7. The number of hydrogen-bond donors (Lipinski definition) is 0.